The fourth-order valence-corrected chi connectivity index (χ4v) is 9.10. The highest BCUT2D eigenvalue weighted by molar-refractivity contribution is 5.93. The predicted octanol–water partition coefficient (Wildman–Crippen LogP) is 6.47. The minimum atomic E-state index is -0.276. The van der Waals surface area contributed by atoms with Gasteiger partial charge in [-0.1, -0.05) is 84.9 Å². The van der Waals surface area contributed by atoms with Crippen LogP contribution in [0.2, 0.25) is 0 Å². The first-order valence-electron chi connectivity index (χ1n) is 24.0. The number of quaternary nitrogens is 2. The lowest BCUT2D eigenvalue weighted by molar-refractivity contribution is -0.682. The number of aromatic nitrogens is 2. The van der Waals surface area contributed by atoms with Crippen LogP contribution in [0, 0.1) is 0 Å². The largest absolute Gasteiger partial charge is 0.508 e. The Hall–Kier alpha value is -9.50. The third kappa shape index (κ3) is 10.4. The van der Waals surface area contributed by atoms with Crippen LogP contribution >= 0.6 is 0 Å². The number of hydrogen-bond acceptors (Lipinski definition) is 10. The highest BCUT2D eigenvalue weighted by atomic mass is 16.3. The molecule has 0 unspecified atom stereocenters. The van der Waals surface area contributed by atoms with Crippen molar-refractivity contribution in [2.24, 2.45) is 10.2 Å². The van der Waals surface area contributed by atoms with Crippen LogP contribution in [0.4, 0.5) is 17.1 Å². The van der Waals surface area contributed by atoms with Crippen molar-refractivity contribution < 1.29 is 46.6 Å². The zero-order valence-electron chi connectivity index (χ0n) is 41.3. The molecule has 11 N–H and O–H groups in total. The van der Waals surface area contributed by atoms with Gasteiger partial charge in [0.1, 0.15) is 16.8 Å². The van der Waals surface area contributed by atoms with Crippen LogP contribution < -0.4 is 36.9 Å². The maximum Gasteiger partial charge on any atom is 0.167 e. The van der Waals surface area contributed by atoms with Crippen molar-refractivity contribution in [1.29, 1.82) is 0 Å². The summed E-state index contributed by atoms with van der Waals surface area (Å²) in [6.07, 6.45) is 9.24. The molecule has 14 nitrogen and oxygen atoms in total. The van der Waals surface area contributed by atoms with E-state index in [1.54, 1.807) is 30.3 Å². The Morgan fingerprint density at radius 3 is 1.80 bits per heavy atom. The molecule has 8 aromatic carbocycles. The van der Waals surface area contributed by atoms with Gasteiger partial charge in [-0.05, 0) is 138 Å². The van der Waals surface area contributed by atoms with Gasteiger partial charge in [0.2, 0.25) is 0 Å². The Morgan fingerprint density at radius 2 is 1.09 bits per heavy atom. The molecule has 0 bridgehead atoms. The molecule has 2 aromatic heterocycles. The molecule has 0 fully saturated rings. The minimum Gasteiger partial charge on any atom is -0.508 e. The smallest absolute Gasteiger partial charge is 0.167 e. The van der Waals surface area contributed by atoms with Crippen LogP contribution in [0.5, 0.6) is 40.2 Å². The molecule has 0 saturated heterocycles. The van der Waals surface area contributed by atoms with Gasteiger partial charge in [-0.25, -0.2) is 10.9 Å². The first kappa shape index (κ1) is 49.5. The fraction of sp³-hybridized carbons (Fsp3) is 0.100. The van der Waals surface area contributed by atoms with Crippen molar-refractivity contribution >= 4 is 73.9 Å². The van der Waals surface area contributed by atoms with Crippen molar-refractivity contribution in [1.82, 2.24) is 9.35 Å². The summed E-state index contributed by atoms with van der Waals surface area (Å²) in [5, 5.41) is 86.1. The number of rotatable bonds is 11. The Balaban J connectivity index is 0.000000189. The van der Waals surface area contributed by atoms with Crippen molar-refractivity contribution in [3.05, 3.63) is 201 Å². The summed E-state index contributed by atoms with van der Waals surface area (Å²) < 4.78 is 4.06. The van der Waals surface area contributed by atoms with E-state index < -0.39 is 0 Å². The fourth-order valence-electron chi connectivity index (χ4n) is 9.10. The van der Waals surface area contributed by atoms with Gasteiger partial charge in [0.15, 0.2) is 34.5 Å². The van der Waals surface area contributed by atoms with Crippen LogP contribution in [0.25, 0.3) is 56.9 Å². The van der Waals surface area contributed by atoms with E-state index in [1.165, 1.54) is 35.9 Å². The molecule has 0 aliphatic rings. The Morgan fingerprint density at radius 1 is 0.500 bits per heavy atom. The van der Waals surface area contributed by atoms with Crippen molar-refractivity contribution in [2.75, 3.05) is 33.1 Å². The monoisotopic (exact) mass is 987 g/mol. The van der Waals surface area contributed by atoms with Gasteiger partial charge in [0.25, 0.3) is 0 Å². The maximum absolute atomic E-state index is 10.6. The Kier molecular flexibility index (Phi) is 14.4. The summed E-state index contributed by atoms with van der Waals surface area (Å²) in [6.45, 7) is 0. The van der Waals surface area contributed by atoms with Crippen molar-refractivity contribution in [3.8, 4) is 40.2 Å². The maximum atomic E-state index is 10.6. The molecular weight excluding hydrogens is 931 g/mol. The first-order chi connectivity index (χ1) is 35.8. The number of anilines is 1. The van der Waals surface area contributed by atoms with Gasteiger partial charge in [-0.2, -0.15) is 14.5 Å². The summed E-state index contributed by atoms with van der Waals surface area (Å²) in [6, 6.07) is 48.7. The quantitative estimate of drug-likeness (QED) is 0.0397. The zero-order chi connectivity index (χ0) is 52.0. The number of phenolic OH excluding ortho intramolecular Hbond substituents is 7. The molecule has 10 aromatic rings. The average molecular weight is 988 g/mol. The lowest BCUT2D eigenvalue weighted by Crippen LogP contribution is -2.86. The predicted molar refractivity (Wildman–Crippen MR) is 292 cm³/mol. The number of aromatic hydroxyl groups is 7. The summed E-state index contributed by atoms with van der Waals surface area (Å²) >= 11 is 0. The van der Waals surface area contributed by atoms with Gasteiger partial charge in [-0.15, -0.1) is 5.11 Å². The highest BCUT2D eigenvalue weighted by Crippen LogP contribution is 2.32. The summed E-state index contributed by atoms with van der Waals surface area (Å²) in [5.41, 5.74) is 12.1. The third-order valence-corrected chi connectivity index (χ3v) is 12.9. The van der Waals surface area contributed by atoms with Gasteiger partial charge < -0.3 is 40.6 Å². The van der Waals surface area contributed by atoms with Crippen LogP contribution in [0.3, 0.4) is 0 Å². The lowest BCUT2D eigenvalue weighted by Gasteiger charge is -2.11. The summed E-state index contributed by atoms with van der Waals surface area (Å²) in [4.78, 5) is 2.09. The molecule has 0 aliphatic heterocycles. The van der Waals surface area contributed by atoms with Gasteiger partial charge in [-0.3, -0.25) is 0 Å². The van der Waals surface area contributed by atoms with Crippen molar-refractivity contribution in [2.45, 2.75) is 12.8 Å². The van der Waals surface area contributed by atoms with Gasteiger partial charge in [0.05, 0.1) is 41.6 Å². The molecule has 2 heterocycles. The number of benzene rings is 8. The SMILES string of the molecule is C[NH2+]n1c(=C\Cc2ccc(N=Nc3cccc4ccccc34)cc2)/c(=C\c2ccc(N(C)C)cc2)c2cc(O)ccc21.C[NH2+]n1c(=C\Cc2ccc(O)c(O)c2)/c(=C\c2ccc(O)c(O)c2)c2c(O)c(O)ccc21. The normalized spacial score (nSPS) is 12.6. The highest BCUT2D eigenvalue weighted by Gasteiger charge is 2.17. The van der Waals surface area contributed by atoms with Crippen LogP contribution in [-0.4, -0.2) is 73.3 Å². The van der Waals surface area contributed by atoms with Crippen LogP contribution in [0.1, 0.15) is 22.3 Å². The molecule has 0 saturated carbocycles. The van der Waals surface area contributed by atoms with Crippen molar-refractivity contribution in [3.63, 3.8) is 0 Å². The standard InChI is InChI=1S/C36H33N5O.C24H22N2O6/c1-37-41-35(32(33-24-30(42)20-22-36(33)41)23-26-13-18-29(19-14-26)40(2)3)21-15-25-11-16-28(17-12-25)38-39-34-10-6-8-27-7-4-5-9-31(27)34;1-25-26-16(5-2-13-3-7-18(27)21(30)11-13)15(10-14-4-8-19(28)22(31)12-14)23-17(26)6-9-20(29)24(23)32/h4-14,16-24,37,42H,15H2,1-3H3;3-12,25,27-32H,2H2,1H3/p+2/b32-23-,35-21-,39-38?;15-10+,16-5-. The second kappa shape index (κ2) is 21.5. The summed E-state index contributed by atoms with van der Waals surface area (Å²) in [7, 11) is 7.96. The van der Waals surface area contributed by atoms with E-state index in [2.05, 4.69) is 92.0 Å². The number of nitrogens with zero attached hydrogens (tertiary/aromatic N) is 5. The number of fused-ring (bicyclic) bond motifs is 3. The van der Waals surface area contributed by atoms with E-state index in [0.29, 0.717) is 33.5 Å². The second-order valence-electron chi connectivity index (χ2n) is 17.9. The molecule has 74 heavy (non-hydrogen) atoms. The average Bonchev–Trinajstić information content (AvgIpc) is 3.87. The van der Waals surface area contributed by atoms with Gasteiger partial charge >= 0.3 is 0 Å². The second-order valence-corrected chi connectivity index (χ2v) is 17.9. The number of hydrogen-bond donors (Lipinski definition) is 9. The van der Waals surface area contributed by atoms with E-state index in [-0.39, 0.29) is 40.2 Å². The number of phenols is 7. The van der Waals surface area contributed by atoms with Crippen LogP contribution in [0.15, 0.2) is 168 Å². The topological polar surface area (TPSA) is 213 Å². The van der Waals surface area contributed by atoms with Crippen LogP contribution in [-0.2, 0) is 12.8 Å². The van der Waals surface area contributed by atoms with E-state index >= 15 is 0 Å². The number of nitrogens with two attached hydrogens (primary N) is 2. The molecule has 0 atom stereocenters. The Bertz CT molecular complexity index is 3990. The molecule has 14 heteroatoms. The zero-order valence-corrected chi connectivity index (χ0v) is 41.3. The van der Waals surface area contributed by atoms with E-state index in [9.17, 15) is 35.7 Å². The van der Waals surface area contributed by atoms with Gasteiger partial charge in [0, 0.05) is 41.0 Å². The first-order valence-corrected chi connectivity index (χ1v) is 24.0. The van der Waals surface area contributed by atoms with E-state index in [4.69, 9.17) is 0 Å². The number of azo groups is 1. The lowest BCUT2D eigenvalue weighted by atomic mass is 10.1. The van der Waals surface area contributed by atoms with E-state index in [1.807, 2.05) is 92.9 Å². The molecule has 0 radical (unpaired) electrons. The molecule has 372 valence electrons. The third-order valence-electron chi connectivity index (χ3n) is 12.9. The molecule has 0 amide bonds. The minimum absolute atomic E-state index is 0.202. The molecule has 0 spiro atoms. The van der Waals surface area contributed by atoms with E-state index in [0.717, 1.165) is 66.9 Å². The molecule has 0 aliphatic carbocycles. The molecule has 10 rings (SSSR count). The molecular formula is C60H57N7O7+2. The summed E-state index contributed by atoms with van der Waals surface area (Å²) in [5.74, 6) is -1.21. The Labute approximate surface area is 425 Å².